The molecule has 1 aliphatic heterocycles. The molecule has 3 heterocycles. The molecular formula is C13H18N6O. The van der Waals surface area contributed by atoms with Gasteiger partial charge in [0, 0.05) is 50.8 Å². The second-order valence-corrected chi connectivity index (χ2v) is 4.96. The van der Waals surface area contributed by atoms with Gasteiger partial charge in [-0.05, 0) is 6.07 Å². The zero-order chi connectivity index (χ0) is 13.9. The number of aromatic nitrogens is 4. The van der Waals surface area contributed by atoms with Gasteiger partial charge >= 0.3 is 0 Å². The van der Waals surface area contributed by atoms with Gasteiger partial charge in [0.1, 0.15) is 6.54 Å². The van der Waals surface area contributed by atoms with E-state index in [0.717, 1.165) is 18.7 Å². The molecule has 3 rings (SSSR count). The average Bonchev–Trinajstić information content (AvgIpc) is 3.10. The van der Waals surface area contributed by atoms with Crippen LogP contribution in [0.4, 0.5) is 0 Å². The van der Waals surface area contributed by atoms with Crippen LogP contribution in [-0.2, 0) is 18.4 Å². The predicted octanol–water partition coefficient (Wildman–Crippen LogP) is -0.210. The summed E-state index contributed by atoms with van der Waals surface area (Å²) in [6.07, 6.45) is 7.28. The van der Waals surface area contributed by atoms with Gasteiger partial charge in [0.2, 0.25) is 5.91 Å². The van der Waals surface area contributed by atoms with Crippen molar-refractivity contribution in [3.05, 3.63) is 36.4 Å². The molecule has 1 aliphatic rings. The minimum absolute atomic E-state index is 0.0421. The lowest BCUT2D eigenvalue weighted by Gasteiger charge is -2.35. The summed E-state index contributed by atoms with van der Waals surface area (Å²) in [6.45, 7) is 2.57. The smallest absolute Gasteiger partial charge is 0.244 e. The topological polar surface area (TPSA) is 68.0 Å². The number of nitrogens with zero attached hydrogens (tertiary/aromatic N) is 5. The number of hydrogen-bond donors (Lipinski definition) is 1. The van der Waals surface area contributed by atoms with Crippen molar-refractivity contribution in [2.24, 2.45) is 7.05 Å². The van der Waals surface area contributed by atoms with Gasteiger partial charge in [-0.3, -0.25) is 14.2 Å². The molecule has 20 heavy (non-hydrogen) atoms. The van der Waals surface area contributed by atoms with Crippen LogP contribution in [0.25, 0.3) is 0 Å². The van der Waals surface area contributed by atoms with Gasteiger partial charge in [0.05, 0.1) is 12.2 Å². The van der Waals surface area contributed by atoms with Crippen molar-refractivity contribution in [2.45, 2.75) is 12.6 Å². The van der Waals surface area contributed by atoms with Crippen LogP contribution in [0.5, 0.6) is 0 Å². The summed E-state index contributed by atoms with van der Waals surface area (Å²) in [6, 6.07) is 1.87. The van der Waals surface area contributed by atoms with Crippen LogP contribution in [0.2, 0.25) is 0 Å². The Kier molecular flexibility index (Phi) is 3.51. The normalized spacial score (nSPS) is 19.2. The molecular weight excluding hydrogens is 256 g/mol. The molecule has 0 aliphatic carbocycles. The van der Waals surface area contributed by atoms with Crippen molar-refractivity contribution >= 4 is 5.91 Å². The van der Waals surface area contributed by atoms with Crippen LogP contribution in [0, 0.1) is 0 Å². The molecule has 2 aromatic rings. The first-order valence-corrected chi connectivity index (χ1v) is 6.70. The first-order chi connectivity index (χ1) is 9.74. The Morgan fingerprint density at radius 3 is 3.10 bits per heavy atom. The maximum atomic E-state index is 12.5. The SMILES string of the molecule is Cn1cc(C2CNCCN2C(=O)Cn2cccn2)cn1. The quantitative estimate of drug-likeness (QED) is 0.841. The van der Waals surface area contributed by atoms with Crippen molar-refractivity contribution in [3.8, 4) is 0 Å². The molecule has 1 unspecified atom stereocenters. The second kappa shape index (κ2) is 5.46. The van der Waals surface area contributed by atoms with Gasteiger partial charge in [0.25, 0.3) is 0 Å². The van der Waals surface area contributed by atoms with Gasteiger partial charge in [-0.25, -0.2) is 0 Å². The Morgan fingerprint density at radius 1 is 1.50 bits per heavy atom. The number of aryl methyl sites for hydroxylation is 1. The number of nitrogens with one attached hydrogen (secondary N) is 1. The van der Waals surface area contributed by atoms with Gasteiger partial charge in [-0.15, -0.1) is 0 Å². The van der Waals surface area contributed by atoms with Gasteiger partial charge < -0.3 is 10.2 Å². The van der Waals surface area contributed by atoms with E-state index >= 15 is 0 Å². The van der Waals surface area contributed by atoms with Gasteiger partial charge in [-0.1, -0.05) is 0 Å². The summed E-state index contributed by atoms with van der Waals surface area (Å²) in [5.74, 6) is 0.0871. The summed E-state index contributed by atoms with van der Waals surface area (Å²) in [7, 11) is 1.88. The zero-order valence-electron chi connectivity index (χ0n) is 11.4. The number of hydrogen-bond acceptors (Lipinski definition) is 4. The molecule has 1 fully saturated rings. The molecule has 0 spiro atoms. The number of carbonyl (C=O) groups excluding carboxylic acids is 1. The standard InChI is InChI=1S/C13H18N6O/c1-17-9-11(7-16-17)12-8-14-4-6-19(12)13(20)10-18-5-2-3-15-18/h2-3,5,7,9,12,14H,4,6,8,10H2,1H3. The maximum absolute atomic E-state index is 12.5. The van der Waals surface area contributed by atoms with E-state index in [2.05, 4.69) is 15.5 Å². The molecule has 1 saturated heterocycles. The number of amides is 1. The largest absolute Gasteiger partial charge is 0.331 e. The van der Waals surface area contributed by atoms with Crippen molar-refractivity contribution < 1.29 is 4.79 Å². The molecule has 2 aromatic heterocycles. The van der Waals surface area contributed by atoms with Gasteiger partial charge in [0.15, 0.2) is 0 Å². The summed E-state index contributed by atoms with van der Waals surface area (Å²) in [5, 5.41) is 11.6. The monoisotopic (exact) mass is 274 g/mol. The highest BCUT2D eigenvalue weighted by Crippen LogP contribution is 2.21. The third-order valence-corrected chi connectivity index (χ3v) is 3.53. The predicted molar refractivity (Wildman–Crippen MR) is 72.8 cm³/mol. The summed E-state index contributed by atoms with van der Waals surface area (Å²) >= 11 is 0. The highest BCUT2D eigenvalue weighted by Gasteiger charge is 2.28. The number of rotatable bonds is 3. The molecule has 106 valence electrons. The minimum Gasteiger partial charge on any atom is -0.331 e. The lowest BCUT2D eigenvalue weighted by atomic mass is 10.1. The van der Waals surface area contributed by atoms with Gasteiger partial charge in [-0.2, -0.15) is 10.2 Å². The van der Waals surface area contributed by atoms with E-state index in [0.29, 0.717) is 6.54 Å². The minimum atomic E-state index is 0.0421. The highest BCUT2D eigenvalue weighted by atomic mass is 16.2. The summed E-state index contributed by atoms with van der Waals surface area (Å²) in [4.78, 5) is 14.4. The van der Waals surface area contributed by atoms with E-state index in [-0.39, 0.29) is 18.5 Å². The molecule has 0 aromatic carbocycles. The van der Waals surface area contributed by atoms with E-state index in [9.17, 15) is 4.79 Å². The van der Waals surface area contributed by atoms with Crippen LogP contribution >= 0.6 is 0 Å². The van der Waals surface area contributed by atoms with Crippen LogP contribution in [0.1, 0.15) is 11.6 Å². The van der Waals surface area contributed by atoms with Crippen molar-refractivity contribution in [2.75, 3.05) is 19.6 Å². The van der Waals surface area contributed by atoms with Crippen LogP contribution in [0.3, 0.4) is 0 Å². The second-order valence-electron chi connectivity index (χ2n) is 4.96. The van der Waals surface area contributed by atoms with E-state index in [1.807, 2.05) is 30.4 Å². The van der Waals surface area contributed by atoms with E-state index < -0.39 is 0 Å². The molecule has 1 amide bonds. The summed E-state index contributed by atoms with van der Waals surface area (Å²) < 4.78 is 3.42. The van der Waals surface area contributed by atoms with E-state index in [1.54, 1.807) is 21.8 Å². The molecule has 0 bridgehead atoms. The third-order valence-electron chi connectivity index (χ3n) is 3.53. The van der Waals surface area contributed by atoms with Crippen molar-refractivity contribution in [1.82, 2.24) is 29.8 Å². The first-order valence-electron chi connectivity index (χ1n) is 6.70. The average molecular weight is 274 g/mol. The van der Waals surface area contributed by atoms with E-state index in [1.165, 1.54) is 0 Å². The molecule has 1 atom stereocenters. The van der Waals surface area contributed by atoms with Crippen LogP contribution in [-0.4, -0.2) is 50.0 Å². The Hall–Kier alpha value is -2.15. The lowest BCUT2D eigenvalue weighted by molar-refractivity contribution is -0.135. The third kappa shape index (κ3) is 2.57. The van der Waals surface area contributed by atoms with Crippen LogP contribution in [0.15, 0.2) is 30.9 Å². The Balaban J connectivity index is 1.76. The van der Waals surface area contributed by atoms with E-state index in [4.69, 9.17) is 0 Å². The molecule has 1 N–H and O–H groups in total. The highest BCUT2D eigenvalue weighted by molar-refractivity contribution is 5.76. The van der Waals surface area contributed by atoms with Crippen molar-refractivity contribution in [1.29, 1.82) is 0 Å². The zero-order valence-corrected chi connectivity index (χ0v) is 11.4. The molecule has 7 heteroatoms. The maximum Gasteiger partial charge on any atom is 0.244 e. The lowest BCUT2D eigenvalue weighted by Crippen LogP contribution is -2.49. The fourth-order valence-electron chi connectivity index (χ4n) is 2.54. The first kappa shape index (κ1) is 12.9. The Labute approximate surface area is 117 Å². The number of piperazine rings is 1. The Morgan fingerprint density at radius 2 is 2.40 bits per heavy atom. The van der Waals surface area contributed by atoms with Crippen molar-refractivity contribution in [3.63, 3.8) is 0 Å². The molecule has 0 saturated carbocycles. The number of carbonyl (C=O) groups is 1. The summed E-state index contributed by atoms with van der Waals surface area (Å²) in [5.41, 5.74) is 1.06. The Bertz CT molecular complexity index is 575. The molecule has 7 nitrogen and oxygen atoms in total. The fraction of sp³-hybridized carbons (Fsp3) is 0.462. The molecule has 0 radical (unpaired) electrons. The fourth-order valence-corrected chi connectivity index (χ4v) is 2.54. The van der Waals surface area contributed by atoms with Crippen LogP contribution < -0.4 is 5.32 Å².